The molecule has 5 aliphatic carbocycles. The first-order valence-electron chi connectivity index (χ1n) is 21.2. The van der Waals surface area contributed by atoms with E-state index in [0.29, 0.717) is 36.4 Å². The molecule has 1 aromatic carbocycles. The summed E-state index contributed by atoms with van der Waals surface area (Å²) in [5.74, 6) is 1.56. The lowest BCUT2D eigenvalue weighted by molar-refractivity contribution is -0.227. The van der Waals surface area contributed by atoms with E-state index in [0.717, 1.165) is 51.6 Å². The van der Waals surface area contributed by atoms with E-state index in [9.17, 15) is 23.1 Å². The number of methoxy groups -OCH3 is 1. The third-order valence-electron chi connectivity index (χ3n) is 17.3. The molecule has 306 valence electrons. The van der Waals surface area contributed by atoms with Crippen LogP contribution in [0.4, 0.5) is 0 Å². The molecule has 7 rings (SSSR count). The Hall–Kier alpha value is -2.27. The smallest absolute Gasteiger partial charge is 0.337 e. The molecule has 1 heterocycles. The van der Waals surface area contributed by atoms with Crippen LogP contribution >= 0.6 is 0 Å². The van der Waals surface area contributed by atoms with Crippen LogP contribution in [0.25, 0.3) is 5.57 Å². The van der Waals surface area contributed by atoms with Crippen molar-refractivity contribution in [2.75, 3.05) is 51.4 Å². The number of benzene rings is 1. The van der Waals surface area contributed by atoms with Crippen LogP contribution in [0.2, 0.25) is 0 Å². The summed E-state index contributed by atoms with van der Waals surface area (Å²) in [4.78, 5) is 26.5. The zero-order valence-electron chi connectivity index (χ0n) is 34.8. The number of allylic oxidation sites excluding steroid dienone is 2. The standard InChI is InChI=1S/C45H68N2O7S/c1-30(48)54-29-44(7,50)35-16-20-45(46-23-24-47-25-27-55(51,52)28-26-47)22-21-42(5)34(38(35)45)13-14-37-41(4)18-15-33(31-9-11-32(12-10-31)39(49)53-8)40(2,3)36(41)17-19-43(37,42)6/h9-12,15,34-38,46,50H,13-14,16-29H2,1-8H3. The highest BCUT2D eigenvalue weighted by molar-refractivity contribution is 7.91. The summed E-state index contributed by atoms with van der Waals surface area (Å²) in [6, 6.07) is 7.97. The molecule has 0 amide bonds. The lowest BCUT2D eigenvalue weighted by Crippen LogP contribution is -2.69. The molecule has 1 aliphatic heterocycles. The summed E-state index contributed by atoms with van der Waals surface area (Å²) >= 11 is 0. The van der Waals surface area contributed by atoms with Crippen molar-refractivity contribution in [3.8, 4) is 0 Å². The van der Waals surface area contributed by atoms with Crippen LogP contribution in [0, 0.1) is 51.2 Å². The highest BCUT2D eigenvalue weighted by Crippen LogP contribution is 2.76. The molecule has 5 fully saturated rings. The molecular weight excluding hydrogens is 713 g/mol. The molecule has 0 aromatic heterocycles. The number of nitrogens with one attached hydrogen (secondary N) is 1. The number of carbonyl (C=O) groups excluding carboxylic acids is 2. The molecule has 4 saturated carbocycles. The summed E-state index contributed by atoms with van der Waals surface area (Å²) in [5.41, 5.74) is 2.23. The second-order valence-corrected chi connectivity index (χ2v) is 22.5. The quantitative estimate of drug-likeness (QED) is 0.257. The van der Waals surface area contributed by atoms with E-state index < -0.39 is 15.4 Å². The minimum atomic E-state index is -2.93. The third kappa shape index (κ3) is 6.74. The van der Waals surface area contributed by atoms with Gasteiger partial charge < -0.3 is 24.8 Å². The van der Waals surface area contributed by atoms with Gasteiger partial charge in [-0.1, -0.05) is 52.8 Å². The lowest BCUT2D eigenvalue weighted by Gasteiger charge is -2.72. The fraction of sp³-hybridized carbons (Fsp3) is 0.778. The molecule has 0 radical (unpaired) electrons. The van der Waals surface area contributed by atoms with Crippen molar-refractivity contribution in [2.45, 2.75) is 117 Å². The Kier molecular flexibility index (Phi) is 10.6. The number of aliphatic hydroxyl groups is 1. The Morgan fingerprint density at radius 3 is 2.27 bits per heavy atom. The number of esters is 2. The number of carbonyl (C=O) groups is 2. The molecule has 55 heavy (non-hydrogen) atoms. The van der Waals surface area contributed by atoms with E-state index in [1.165, 1.54) is 44.4 Å². The fourth-order valence-corrected chi connectivity index (χ4v) is 15.7. The van der Waals surface area contributed by atoms with Crippen LogP contribution < -0.4 is 5.32 Å². The Bertz CT molecular complexity index is 1780. The Labute approximate surface area is 330 Å². The van der Waals surface area contributed by atoms with Crippen molar-refractivity contribution in [3.63, 3.8) is 0 Å². The number of rotatable bonds is 9. The van der Waals surface area contributed by atoms with Crippen molar-refractivity contribution in [2.24, 2.45) is 51.2 Å². The molecule has 10 heteroatoms. The van der Waals surface area contributed by atoms with Crippen LogP contribution in [0.1, 0.15) is 122 Å². The molecule has 2 N–H and O–H groups in total. The van der Waals surface area contributed by atoms with Gasteiger partial charge in [0.15, 0.2) is 9.84 Å². The summed E-state index contributed by atoms with van der Waals surface area (Å²) in [6.07, 6.45) is 12.3. The van der Waals surface area contributed by atoms with Crippen molar-refractivity contribution >= 4 is 27.3 Å². The predicted molar refractivity (Wildman–Crippen MR) is 216 cm³/mol. The first-order valence-corrected chi connectivity index (χ1v) is 23.0. The topological polar surface area (TPSA) is 122 Å². The van der Waals surface area contributed by atoms with Gasteiger partial charge in [-0.25, -0.2) is 13.2 Å². The van der Waals surface area contributed by atoms with E-state index in [2.05, 4.69) is 63.0 Å². The molecule has 1 saturated heterocycles. The van der Waals surface area contributed by atoms with E-state index in [-0.39, 0.29) is 69.1 Å². The maximum Gasteiger partial charge on any atom is 0.337 e. The summed E-state index contributed by atoms with van der Waals surface area (Å²) < 4.78 is 34.7. The number of ether oxygens (including phenoxy) is 2. The number of nitrogens with zero attached hydrogens (tertiary/aromatic N) is 1. The number of hydrogen-bond donors (Lipinski definition) is 2. The van der Waals surface area contributed by atoms with Gasteiger partial charge in [-0.3, -0.25) is 4.79 Å². The fourth-order valence-electron chi connectivity index (χ4n) is 14.4. The SMILES string of the molecule is COC(=O)c1ccc(C2=CCC3(C)C(CCC4(C)C3CCC3C5C(C(C)(O)COC(C)=O)CCC5(NCCN5CCS(=O)(=O)CC5)CCC34C)C2(C)C)cc1. The van der Waals surface area contributed by atoms with Gasteiger partial charge >= 0.3 is 11.9 Å². The van der Waals surface area contributed by atoms with Crippen LogP contribution in [-0.4, -0.2) is 92.9 Å². The maximum atomic E-state index is 12.2. The monoisotopic (exact) mass is 780 g/mol. The van der Waals surface area contributed by atoms with E-state index in [1.807, 2.05) is 19.1 Å². The van der Waals surface area contributed by atoms with E-state index >= 15 is 0 Å². The van der Waals surface area contributed by atoms with E-state index in [1.54, 1.807) is 0 Å². The van der Waals surface area contributed by atoms with Gasteiger partial charge in [-0.15, -0.1) is 0 Å². The second-order valence-electron chi connectivity index (χ2n) is 20.2. The minimum Gasteiger partial charge on any atom is -0.465 e. The van der Waals surface area contributed by atoms with Crippen LogP contribution in [-0.2, 0) is 24.1 Å². The maximum absolute atomic E-state index is 12.2. The van der Waals surface area contributed by atoms with Gasteiger partial charge in [0.1, 0.15) is 6.61 Å². The van der Waals surface area contributed by atoms with Crippen LogP contribution in [0.5, 0.6) is 0 Å². The molecule has 10 atom stereocenters. The van der Waals surface area contributed by atoms with E-state index in [4.69, 9.17) is 9.47 Å². The predicted octanol–water partition coefficient (Wildman–Crippen LogP) is 6.93. The normalized spacial score (nSPS) is 40.3. The van der Waals surface area contributed by atoms with Gasteiger partial charge in [0, 0.05) is 38.6 Å². The summed E-state index contributed by atoms with van der Waals surface area (Å²) in [7, 11) is -1.51. The van der Waals surface area contributed by atoms with Gasteiger partial charge in [-0.2, -0.15) is 0 Å². The van der Waals surface area contributed by atoms with Crippen molar-refractivity contribution in [3.05, 3.63) is 41.5 Å². The molecule has 6 aliphatic rings. The minimum absolute atomic E-state index is 0.000793. The molecular formula is C45H68N2O7S. The average molecular weight is 781 g/mol. The Morgan fingerprint density at radius 1 is 0.927 bits per heavy atom. The molecule has 1 aromatic rings. The van der Waals surface area contributed by atoms with Crippen molar-refractivity contribution in [1.29, 1.82) is 0 Å². The molecule has 0 bridgehead atoms. The van der Waals surface area contributed by atoms with Gasteiger partial charge in [0.2, 0.25) is 0 Å². The lowest BCUT2D eigenvalue weighted by atomic mass is 9.32. The first-order chi connectivity index (χ1) is 25.7. The first kappa shape index (κ1) is 40.9. The zero-order chi connectivity index (χ0) is 39.8. The van der Waals surface area contributed by atoms with Gasteiger partial charge in [-0.05, 0) is 139 Å². The number of hydrogen-bond acceptors (Lipinski definition) is 9. The molecule has 0 spiro atoms. The summed E-state index contributed by atoms with van der Waals surface area (Å²) in [5, 5.41) is 16.3. The average Bonchev–Trinajstić information content (AvgIpc) is 3.52. The summed E-state index contributed by atoms with van der Waals surface area (Å²) in [6.45, 7) is 18.9. The Balaban J connectivity index is 1.17. The van der Waals surface area contributed by atoms with Crippen molar-refractivity contribution < 1.29 is 32.6 Å². The zero-order valence-corrected chi connectivity index (χ0v) is 35.7. The third-order valence-corrected chi connectivity index (χ3v) is 18.9. The largest absolute Gasteiger partial charge is 0.465 e. The van der Waals surface area contributed by atoms with Gasteiger partial charge in [0.05, 0.1) is 29.8 Å². The highest BCUT2D eigenvalue weighted by atomic mass is 32.2. The second kappa shape index (κ2) is 14.2. The van der Waals surface area contributed by atoms with Crippen LogP contribution in [0.15, 0.2) is 30.3 Å². The molecule has 10 unspecified atom stereocenters. The van der Waals surface area contributed by atoms with Gasteiger partial charge in [0.25, 0.3) is 0 Å². The van der Waals surface area contributed by atoms with Crippen LogP contribution in [0.3, 0.4) is 0 Å². The van der Waals surface area contributed by atoms with Crippen molar-refractivity contribution in [1.82, 2.24) is 10.2 Å². The highest BCUT2D eigenvalue weighted by Gasteiger charge is 2.71. The Morgan fingerprint density at radius 2 is 1.62 bits per heavy atom. The number of sulfone groups is 1. The number of fused-ring (bicyclic) bond motifs is 7. The molecule has 9 nitrogen and oxygen atoms in total.